The third-order valence-corrected chi connectivity index (χ3v) is 4.21. The number of carbonyl (C=O) groups excluding carboxylic acids is 1. The average Bonchev–Trinajstić information content (AvgIpc) is 3.26. The molecule has 3 heterocycles. The summed E-state index contributed by atoms with van der Waals surface area (Å²) in [4.78, 5) is 20.7. The molecule has 4 rings (SSSR count). The average molecular weight is 349 g/mol. The van der Waals surface area contributed by atoms with E-state index in [1.807, 2.05) is 24.3 Å². The molecule has 1 amide bonds. The summed E-state index contributed by atoms with van der Waals surface area (Å²) in [6.45, 7) is 4.24. The van der Waals surface area contributed by atoms with Gasteiger partial charge in [-0.1, -0.05) is 26.0 Å². The first-order chi connectivity index (χ1) is 12.6. The van der Waals surface area contributed by atoms with Gasteiger partial charge in [0.25, 0.3) is 5.91 Å². The molecule has 0 aliphatic carbocycles. The topological polar surface area (TPSA) is 101 Å². The second-order valence-electron chi connectivity index (χ2n) is 6.69. The Hall–Kier alpha value is -3.29. The maximum absolute atomic E-state index is 12.8. The molecule has 1 aromatic carbocycles. The van der Waals surface area contributed by atoms with Crippen LogP contribution in [0.15, 0.2) is 42.6 Å². The molecule has 8 nitrogen and oxygen atoms in total. The van der Waals surface area contributed by atoms with E-state index >= 15 is 0 Å². The van der Waals surface area contributed by atoms with E-state index in [0.29, 0.717) is 17.1 Å². The molecule has 3 aromatic heterocycles. The van der Waals surface area contributed by atoms with Gasteiger partial charge in [0.05, 0.1) is 17.1 Å². The van der Waals surface area contributed by atoms with E-state index in [-0.39, 0.29) is 11.9 Å². The van der Waals surface area contributed by atoms with E-state index in [1.54, 1.807) is 18.3 Å². The van der Waals surface area contributed by atoms with Gasteiger partial charge in [-0.2, -0.15) is 0 Å². The zero-order valence-corrected chi connectivity index (χ0v) is 14.5. The molecule has 0 bridgehead atoms. The number of hydrogen-bond donors (Lipinski definition) is 2. The number of hydrogen-bond acceptors (Lipinski definition) is 5. The van der Waals surface area contributed by atoms with Crippen molar-refractivity contribution in [2.24, 2.45) is 5.92 Å². The number of para-hydroxylation sites is 2. The number of fused-ring (bicyclic) bond motifs is 2. The highest BCUT2D eigenvalue weighted by Gasteiger charge is 2.21. The van der Waals surface area contributed by atoms with Crippen LogP contribution in [-0.4, -0.2) is 35.9 Å². The van der Waals surface area contributed by atoms with Crippen molar-refractivity contribution in [2.75, 3.05) is 0 Å². The highest BCUT2D eigenvalue weighted by atomic mass is 16.1. The Morgan fingerprint density at radius 3 is 2.92 bits per heavy atom. The molecule has 1 atom stereocenters. The molecule has 0 saturated carbocycles. The lowest BCUT2D eigenvalue weighted by molar-refractivity contribution is 0.0930. The van der Waals surface area contributed by atoms with Crippen LogP contribution in [0.1, 0.15) is 42.5 Å². The number of pyridine rings is 1. The first-order valence-electron chi connectivity index (χ1n) is 8.53. The number of benzene rings is 1. The first-order valence-corrected chi connectivity index (χ1v) is 8.53. The summed E-state index contributed by atoms with van der Waals surface area (Å²) in [7, 11) is 0. The molecule has 8 heteroatoms. The normalized spacial score (nSPS) is 12.7. The van der Waals surface area contributed by atoms with Crippen molar-refractivity contribution in [3.8, 4) is 0 Å². The number of tetrazole rings is 1. The van der Waals surface area contributed by atoms with Crippen molar-refractivity contribution in [1.29, 1.82) is 0 Å². The number of nitrogens with zero attached hydrogens (tertiary/aromatic N) is 5. The Kier molecular flexibility index (Phi) is 4.08. The van der Waals surface area contributed by atoms with Gasteiger partial charge >= 0.3 is 0 Å². The smallest absolute Gasteiger partial charge is 0.252 e. The Bertz CT molecular complexity index is 1030. The van der Waals surface area contributed by atoms with Gasteiger partial charge in [0, 0.05) is 11.8 Å². The van der Waals surface area contributed by atoms with E-state index in [4.69, 9.17) is 0 Å². The van der Waals surface area contributed by atoms with Crippen LogP contribution in [0, 0.1) is 5.92 Å². The van der Waals surface area contributed by atoms with Crippen LogP contribution in [0.3, 0.4) is 0 Å². The second-order valence-corrected chi connectivity index (χ2v) is 6.69. The maximum Gasteiger partial charge on any atom is 0.252 e. The van der Waals surface area contributed by atoms with Crippen molar-refractivity contribution in [3.63, 3.8) is 0 Å². The van der Waals surface area contributed by atoms with E-state index in [2.05, 4.69) is 44.7 Å². The quantitative estimate of drug-likeness (QED) is 0.576. The molecule has 0 aliphatic heterocycles. The molecule has 0 saturated heterocycles. The highest BCUT2D eigenvalue weighted by Crippen LogP contribution is 2.22. The summed E-state index contributed by atoms with van der Waals surface area (Å²) >= 11 is 0. The number of carbonyl (C=O) groups is 1. The fraction of sp³-hybridized carbons (Fsp3) is 0.278. The predicted molar refractivity (Wildman–Crippen MR) is 96.5 cm³/mol. The summed E-state index contributed by atoms with van der Waals surface area (Å²) in [5.41, 5.74) is 2.89. The minimum atomic E-state index is -0.206. The number of imidazole rings is 1. The van der Waals surface area contributed by atoms with E-state index < -0.39 is 0 Å². The van der Waals surface area contributed by atoms with Crippen molar-refractivity contribution < 1.29 is 4.79 Å². The number of amides is 1. The van der Waals surface area contributed by atoms with Gasteiger partial charge in [-0.25, -0.2) is 9.50 Å². The van der Waals surface area contributed by atoms with Crippen LogP contribution >= 0.6 is 0 Å². The monoisotopic (exact) mass is 349 g/mol. The van der Waals surface area contributed by atoms with Gasteiger partial charge in [0.2, 0.25) is 0 Å². The molecule has 2 N–H and O–H groups in total. The first kappa shape index (κ1) is 16.2. The third-order valence-electron chi connectivity index (χ3n) is 4.21. The fourth-order valence-corrected chi connectivity index (χ4v) is 2.97. The SMILES string of the molecule is CC(C)CC(NC(=O)c1ccn2nnnc2c1)c1nc2ccccc2[nH]1. The number of H-pyrrole nitrogens is 1. The minimum absolute atomic E-state index is 0.179. The second kappa shape index (κ2) is 6.55. The molecule has 26 heavy (non-hydrogen) atoms. The Morgan fingerprint density at radius 1 is 1.27 bits per heavy atom. The lowest BCUT2D eigenvalue weighted by atomic mass is 10.0. The largest absolute Gasteiger partial charge is 0.342 e. The molecule has 1 unspecified atom stereocenters. The Labute approximate surface area is 149 Å². The van der Waals surface area contributed by atoms with Crippen LogP contribution < -0.4 is 5.32 Å². The Balaban J connectivity index is 1.62. The zero-order valence-electron chi connectivity index (χ0n) is 14.5. The van der Waals surface area contributed by atoms with E-state index in [0.717, 1.165) is 23.3 Å². The predicted octanol–water partition coefficient (Wildman–Crippen LogP) is 2.52. The van der Waals surface area contributed by atoms with Gasteiger partial charge in [0.15, 0.2) is 5.65 Å². The zero-order chi connectivity index (χ0) is 18.1. The van der Waals surface area contributed by atoms with Crippen LogP contribution in [0.25, 0.3) is 16.7 Å². The number of rotatable bonds is 5. The highest BCUT2D eigenvalue weighted by molar-refractivity contribution is 5.95. The molecular weight excluding hydrogens is 330 g/mol. The number of nitrogens with one attached hydrogen (secondary N) is 2. The summed E-state index contributed by atoms with van der Waals surface area (Å²) in [5.74, 6) is 0.983. The van der Waals surface area contributed by atoms with Gasteiger partial charge < -0.3 is 10.3 Å². The minimum Gasteiger partial charge on any atom is -0.342 e. The standard InChI is InChI=1S/C18H19N7O/c1-11(2)9-15(17-19-13-5-3-4-6-14(13)20-17)21-18(26)12-7-8-25-16(10-12)22-23-24-25/h3-8,10-11,15H,9H2,1-2H3,(H,19,20)(H,21,26). The van der Waals surface area contributed by atoms with Crippen LogP contribution in [0.2, 0.25) is 0 Å². The molecule has 132 valence electrons. The summed E-state index contributed by atoms with van der Waals surface area (Å²) in [5, 5.41) is 14.4. The van der Waals surface area contributed by atoms with Crippen molar-refractivity contribution in [2.45, 2.75) is 26.3 Å². The van der Waals surface area contributed by atoms with Crippen LogP contribution in [-0.2, 0) is 0 Å². The third kappa shape index (κ3) is 3.13. The van der Waals surface area contributed by atoms with Gasteiger partial charge in [0.1, 0.15) is 5.82 Å². The lowest BCUT2D eigenvalue weighted by Gasteiger charge is -2.18. The number of aromatic nitrogens is 6. The maximum atomic E-state index is 12.8. The van der Waals surface area contributed by atoms with Crippen molar-refractivity contribution in [3.05, 3.63) is 54.0 Å². The molecule has 0 fully saturated rings. The number of aromatic amines is 1. The van der Waals surface area contributed by atoms with Crippen molar-refractivity contribution in [1.82, 2.24) is 35.3 Å². The van der Waals surface area contributed by atoms with Gasteiger partial charge in [-0.05, 0) is 47.0 Å². The summed E-state index contributed by atoms with van der Waals surface area (Å²) in [6.07, 6.45) is 2.45. The van der Waals surface area contributed by atoms with E-state index in [1.165, 1.54) is 4.52 Å². The Morgan fingerprint density at radius 2 is 2.12 bits per heavy atom. The lowest BCUT2D eigenvalue weighted by Crippen LogP contribution is -2.30. The summed E-state index contributed by atoms with van der Waals surface area (Å²) in [6, 6.07) is 11.0. The van der Waals surface area contributed by atoms with Crippen molar-refractivity contribution >= 4 is 22.6 Å². The summed E-state index contributed by atoms with van der Waals surface area (Å²) < 4.78 is 1.52. The molecule has 0 spiro atoms. The van der Waals surface area contributed by atoms with Gasteiger partial charge in [-0.15, -0.1) is 5.10 Å². The molecular formula is C18H19N7O. The van der Waals surface area contributed by atoms with Crippen LogP contribution in [0.4, 0.5) is 0 Å². The van der Waals surface area contributed by atoms with Gasteiger partial charge in [-0.3, -0.25) is 4.79 Å². The van der Waals surface area contributed by atoms with Crippen LogP contribution in [0.5, 0.6) is 0 Å². The molecule has 4 aromatic rings. The van der Waals surface area contributed by atoms with E-state index in [9.17, 15) is 4.79 Å². The molecule has 0 aliphatic rings. The fourth-order valence-electron chi connectivity index (χ4n) is 2.97. The molecule has 0 radical (unpaired) electrons.